The maximum absolute atomic E-state index is 5.86. The summed E-state index contributed by atoms with van der Waals surface area (Å²) in [4.78, 5) is 0. The Bertz CT molecular complexity index is 675. The van der Waals surface area contributed by atoms with Gasteiger partial charge in [-0.15, -0.1) is 0 Å². The van der Waals surface area contributed by atoms with Crippen LogP contribution in [-0.4, -0.2) is 10.2 Å². The summed E-state index contributed by atoms with van der Waals surface area (Å²) in [6.07, 6.45) is 0. The van der Waals surface area contributed by atoms with E-state index in [0.29, 0.717) is 0 Å². The number of rotatable bonds is 0. The number of anilines is 2. The second kappa shape index (κ2) is 3.50. The molecule has 0 spiro atoms. The first-order valence-corrected chi connectivity index (χ1v) is 6.63. The molecule has 0 heterocycles. The third-order valence-electron chi connectivity index (χ3n) is 3.27. The average Bonchev–Trinajstić information content (AvgIpc) is 2.32. The Kier molecular flexibility index (Phi) is 2.09. The number of hydrogen-bond acceptors (Lipinski definition) is 2. The summed E-state index contributed by atoms with van der Waals surface area (Å²) in [6, 6.07) is 14.4. The second-order valence-electron chi connectivity index (χ2n) is 4.46. The first-order chi connectivity index (χ1) is 8.15. The summed E-state index contributed by atoms with van der Waals surface area (Å²) in [5, 5.41) is 6.39. The largest absolute Gasteiger partial charge is 0.399 e. The highest BCUT2D eigenvalue weighted by atomic mass is 28.1. The van der Waals surface area contributed by atoms with Gasteiger partial charge in [-0.2, -0.15) is 0 Å². The van der Waals surface area contributed by atoms with Gasteiger partial charge in [-0.3, -0.25) is 0 Å². The van der Waals surface area contributed by atoms with Gasteiger partial charge < -0.3 is 11.5 Å². The highest BCUT2D eigenvalue weighted by molar-refractivity contribution is 6.45. The van der Waals surface area contributed by atoms with Crippen molar-refractivity contribution in [3.8, 4) is 0 Å². The Hall–Kier alpha value is -2.00. The highest BCUT2D eigenvalue weighted by Crippen LogP contribution is 2.23. The predicted octanol–water partition coefficient (Wildman–Crippen LogP) is 1.15. The molecule has 0 unspecified atom stereocenters. The van der Waals surface area contributed by atoms with Gasteiger partial charge >= 0.3 is 0 Å². The lowest BCUT2D eigenvalue weighted by Gasteiger charge is -2.09. The van der Waals surface area contributed by atoms with Gasteiger partial charge in [0.15, 0.2) is 0 Å². The zero-order valence-corrected chi connectivity index (χ0v) is 11.7. The molecule has 0 aliphatic rings. The van der Waals surface area contributed by atoms with E-state index >= 15 is 0 Å². The van der Waals surface area contributed by atoms with E-state index in [2.05, 4.69) is 30.3 Å². The first kappa shape index (κ1) is 10.2. The zero-order chi connectivity index (χ0) is 12.0. The Morgan fingerprint density at radius 2 is 1.18 bits per heavy atom. The Morgan fingerprint density at radius 1 is 0.706 bits per heavy atom. The van der Waals surface area contributed by atoms with Crippen molar-refractivity contribution in [3.05, 3.63) is 42.5 Å². The molecule has 0 aromatic heterocycles. The molecule has 0 saturated carbocycles. The SMILES string of the molecule is Nc1ccc2cc3ccc(N)cc3c([SiH3])c2c1. The molecular formula is C14H14N2Si. The summed E-state index contributed by atoms with van der Waals surface area (Å²) in [6.45, 7) is 0. The van der Waals surface area contributed by atoms with Crippen LogP contribution >= 0.6 is 0 Å². The first-order valence-electron chi connectivity index (χ1n) is 5.63. The van der Waals surface area contributed by atoms with Crippen LogP contribution in [0, 0.1) is 0 Å². The molecule has 0 aliphatic carbocycles. The summed E-state index contributed by atoms with van der Waals surface area (Å²) < 4.78 is 0. The van der Waals surface area contributed by atoms with E-state index < -0.39 is 0 Å². The minimum absolute atomic E-state index is 0.817. The van der Waals surface area contributed by atoms with Crippen LogP contribution in [-0.2, 0) is 0 Å². The fourth-order valence-corrected chi connectivity index (χ4v) is 3.23. The van der Waals surface area contributed by atoms with Crippen molar-refractivity contribution < 1.29 is 0 Å². The van der Waals surface area contributed by atoms with Crippen molar-refractivity contribution in [2.45, 2.75) is 0 Å². The van der Waals surface area contributed by atoms with E-state index in [1.165, 1.54) is 26.7 Å². The smallest absolute Gasteiger partial charge is 0.0401 e. The van der Waals surface area contributed by atoms with Crippen molar-refractivity contribution >= 4 is 48.3 Å². The van der Waals surface area contributed by atoms with E-state index in [4.69, 9.17) is 11.5 Å². The average molecular weight is 238 g/mol. The third-order valence-corrected chi connectivity index (χ3v) is 4.35. The van der Waals surface area contributed by atoms with Crippen LogP contribution in [0.3, 0.4) is 0 Å². The van der Waals surface area contributed by atoms with Crippen molar-refractivity contribution in [3.63, 3.8) is 0 Å². The molecule has 3 aromatic carbocycles. The molecule has 3 rings (SSSR count). The normalized spacial score (nSPS) is 11.3. The van der Waals surface area contributed by atoms with Gasteiger partial charge in [0.1, 0.15) is 0 Å². The monoisotopic (exact) mass is 238 g/mol. The van der Waals surface area contributed by atoms with E-state index in [0.717, 1.165) is 21.6 Å². The van der Waals surface area contributed by atoms with Gasteiger partial charge in [0.2, 0.25) is 0 Å². The number of fused-ring (bicyclic) bond motifs is 2. The molecule has 0 aliphatic heterocycles. The second-order valence-corrected chi connectivity index (χ2v) is 5.46. The van der Waals surface area contributed by atoms with Crippen LogP contribution in [0.25, 0.3) is 21.5 Å². The quantitative estimate of drug-likeness (QED) is 0.351. The molecule has 0 amide bonds. The van der Waals surface area contributed by atoms with Gasteiger partial charge in [0.05, 0.1) is 0 Å². The molecule has 0 atom stereocenters. The lowest BCUT2D eigenvalue weighted by Crippen LogP contribution is -2.06. The molecule has 0 saturated heterocycles. The summed E-state index contributed by atoms with van der Waals surface area (Å²) in [5.74, 6) is 0. The number of nitrogens with two attached hydrogens (primary N) is 2. The van der Waals surface area contributed by atoms with Gasteiger partial charge in [-0.05, 0) is 51.9 Å². The van der Waals surface area contributed by atoms with Crippen LogP contribution in [0.5, 0.6) is 0 Å². The molecule has 3 heteroatoms. The fraction of sp³-hybridized carbons (Fsp3) is 0. The molecule has 4 N–H and O–H groups in total. The summed E-state index contributed by atoms with van der Waals surface area (Å²) in [5.41, 5.74) is 13.3. The third kappa shape index (κ3) is 1.55. The van der Waals surface area contributed by atoms with Gasteiger partial charge in [0.25, 0.3) is 0 Å². The minimum Gasteiger partial charge on any atom is -0.399 e. The molecule has 3 aromatic rings. The zero-order valence-electron chi connectivity index (χ0n) is 9.70. The Balaban J connectivity index is 2.53. The number of nitrogen functional groups attached to an aromatic ring is 2. The predicted molar refractivity (Wildman–Crippen MR) is 79.9 cm³/mol. The van der Waals surface area contributed by atoms with Gasteiger partial charge in [-0.1, -0.05) is 17.3 Å². The van der Waals surface area contributed by atoms with Crippen LogP contribution in [0.15, 0.2) is 42.5 Å². The van der Waals surface area contributed by atoms with E-state index in [-0.39, 0.29) is 0 Å². The van der Waals surface area contributed by atoms with Crippen molar-refractivity contribution in [2.24, 2.45) is 0 Å². The molecule has 17 heavy (non-hydrogen) atoms. The Labute approximate surface area is 103 Å². The molecule has 2 nitrogen and oxygen atoms in total. The molecular weight excluding hydrogens is 224 g/mol. The summed E-state index contributed by atoms with van der Waals surface area (Å²) in [7, 11) is 0.985. The standard InChI is InChI=1S/C14H14N2Si/c15-10-3-1-8-5-9-2-4-11(16)7-13(9)14(17)12(8)6-10/h1-7H,15-16H2,17H3. The lowest BCUT2D eigenvalue weighted by molar-refractivity contribution is 1.74. The van der Waals surface area contributed by atoms with Gasteiger partial charge in [0, 0.05) is 21.6 Å². The topological polar surface area (TPSA) is 52.0 Å². The number of hydrogen-bond donors (Lipinski definition) is 2. The van der Waals surface area contributed by atoms with Crippen molar-refractivity contribution in [2.75, 3.05) is 11.5 Å². The van der Waals surface area contributed by atoms with Crippen molar-refractivity contribution in [1.82, 2.24) is 0 Å². The van der Waals surface area contributed by atoms with Crippen molar-refractivity contribution in [1.29, 1.82) is 0 Å². The maximum Gasteiger partial charge on any atom is 0.0401 e. The molecule has 84 valence electrons. The minimum atomic E-state index is 0.817. The lowest BCUT2D eigenvalue weighted by atomic mass is 10.0. The van der Waals surface area contributed by atoms with E-state index in [1.807, 2.05) is 12.1 Å². The maximum atomic E-state index is 5.86. The Morgan fingerprint density at radius 3 is 1.65 bits per heavy atom. The highest BCUT2D eigenvalue weighted by Gasteiger charge is 2.04. The number of benzene rings is 3. The van der Waals surface area contributed by atoms with Crippen LogP contribution in [0.4, 0.5) is 11.4 Å². The van der Waals surface area contributed by atoms with Gasteiger partial charge in [-0.25, -0.2) is 0 Å². The van der Waals surface area contributed by atoms with Crippen LogP contribution in [0.1, 0.15) is 0 Å². The molecule has 0 radical (unpaired) electrons. The fourth-order valence-electron chi connectivity index (χ4n) is 2.36. The van der Waals surface area contributed by atoms with Crippen LogP contribution in [0.2, 0.25) is 0 Å². The van der Waals surface area contributed by atoms with E-state index in [1.54, 1.807) is 0 Å². The molecule has 0 bridgehead atoms. The summed E-state index contributed by atoms with van der Waals surface area (Å²) >= 11 is 0. The van der Waals surface area contributed by atoms with Crippen LogP contribution < -0.4 is 16.7 Å². The molecule has 0 fully saturated rings. The van der Waals surface area contributed by atoms with E-state index in [9.17, 15) is 0 Å².